The summed E-state index contributed by atoms with van der Waals surface area (Å²) in [6.45, 7) is 1.86. The molecule has 0 saturated carbocycles. The zero-order valence-electron chi connectivity index (χ0n) is 10.5. The van der Waals surface area contributed by atoms with Gasteiger partial charge in [0.25, 0.3) is 5.91 Å². The van der Waals surface area contributed by atoms with E-state index in [0.717, 1.165) is 22.3 Å². The van der Waals surface area contributed by atoms with Gasteiger partial charge in [0.15, 0.2) is 0 Å². The number of benzene rings is 1. The Morgan fingerprint density at radius 3 is 2.68 bits per heavy atom. The van der Waals surface area contributed by atoms with Crippen LogP contribution in [-0.4, -0.2) is 15.5 Å². The van der Waals surface area contributed by atoms with Gasteiger partial charge >= 0.3 is 0 Å². The van der Waals surface area contributed by atoms with Gasteiger partial charge in [-0.2, -0.15) is 0 Å². The van der Waals surface area contributed by atoms with Crippen molar-refractivity contribution < 1.29 is 4.79 Å². The zero-order valence-corrected chi connectivity index (χ0v) is 10.5. The van der Waals surface area contributed by atoms with Gasteiger partial charge in [-0.15, -0.1) is 0 Å². The summed E-state index contributed by atoms with van der Waals surface area (Å²) >= 11 is 0. The molecule has 4 nitrogen and oxygen atoms in total. The van der Waals surface area contributed by atoms with Crippen LogP contribution in [0.1, 0.15) is 15.9 Å². The molecule has 0 atom stereocenters. The van der Waals surface area contributed by atoms with Gasteiger partial charge in [0.1, 0.15) is 5.82 Å². The first-order valence-corrected chi connectivity index (χ1v) is 6.00. The molecule has 0 spiro atoms. The van der Waals surface area contributed by atoms with E-state index in [-0.39, 0.29) is 0 Å². The van der Waals surface area contributed by atoms with Crippen LogP contribution in [0, 0.1) is 6.92 Å². The van der Waals surface area contributed by atoms with Crippen LogP contribution in [0.5, 0.6) is 0 Å². The minimum atomic E-state index is -0.419. The largest absolute Gasteiger partial charge is 0.366 e. The van der Waals surface area contributed by atoms with Gasteiger partial charge in [0.05, 0.1) is 11.1 Å². The van der Waals surface area contributed by atoms with Crippen LogP contribution in [0.4, 0.5) is 0 Å². The molecular weight excluding hydrogens is 238 g/mol. The van der Waals surface area contributed by atoms with Crippen LogP contribution in [0.25, 0.3) is 16.7 Å². The lowest BCUT2D eigenvalue weighted by Crippen LogP contribution is -2.11. The van der Waals surface area contributed by atoms with Crippen LogP contribution < -0.4 is 5.73 Å². The molecule has 2 aromatic heterocycles. The number of primary amides is 1. The molecule has 19 heavy (non-hydrogen) atoms. The van der Waals surface area contributed by atoms with Crippen molar-refractivity contribution >= 4 is 16.8 Å². The van der Waals surface area contributed by atoms with Gasteiger partial charge < -0.3 is 10.3 Å². The minimum absolute atomic E-state index is 0.419. The number of carbonyl (C=O) groups excluding carboxylic acids is 1. The average Bonchev–Trinajstić information content (AvgIpc) is 2.80. The summed E-state index contributed by atoms with van der Waals surface area (Å²) in [6.07, 6.45) is 3.58. The van der Waals surface area contributed by atoms with Gasteiger partial charge in [-0.05, 0) is 30.7 Å². The molecule has 3 rings (SSSR count). The maximum Gasteiger partial charge on any atom is 0.250 e. The molecule has 0 saturated heterocycles. The molecule has 3 aromatic rings. The van der Waals surface area contributed by atoms with Crippen molar-refractivity contribution in [1.82, 2.24) is 9.55 Å². The quantitative estimate of drug-likeness (QED) is 0.760. The molecule has 0 unspecified atom stereocenters. The summed E-state index contributed by atoms with van der Waals surface area (Å²) in [5.41, 5.74) is 7.62. The number of hydrogen-bond acceptors (Lipinski definition) is 2. The number of nitrogens with zero attached hydrogens (tertiary/aromatic N) is 2. The van der Waals surface area contributed by atoms with Gasteiger partial charge in [0, 0.05) is 17.8 Å². The monoisotopic (exact) mass is 251 g/mol. The minimum Gasteiger partial charge on any atom is -0.366 e. The van der Waals surface area contributed by atoms with Crippen molar-refractivity contribution in [1.29, 1.82) is 0 Å². The van der Waals surface area contributed by atoms with Crippen LogP contribution in [0.15, 0.2) is 48.8 Å². The number of rotatable bonds is 2. The molecule has 0 bridgehead atoms. The second-order valence-electron chi connectivity index (χ2n) is 4.49. The molecular formula is C15H13N3O. The van der Waals surface area contributed by atoms with Crippen LogP contribution >= 0.6 is 0 Å². The Labute approximate surface area is 110 Å². The second kappa shape index (κ2) is 4.24. The molecule has 2 heterocycles. The predicted octanol–water partition coefficient (Wildman–Crippen LogP) is 2.43. The molecule has 1 aromatic carbocycles. The lowest BCUT2D eigenvalue weighted by molar-refractivity contribution is 0.1000. The maximum absolute atomic E-state index is 11.3. The van der Waals surface area contributed by atoms with E-state index in [4.69, 9.17) is 5.73 Å². The average molecular weight is 251 g/mol. The van der Waals surface area contributed by atoms with E-state index >= 15 is 0 Å². The summed E-state index contributed by atoms with van der Waals surface area (Å²) in [4.78, 5) is 15.8. The SMILES string of the molecule is Cc1cn(-c2ccc3ccccc3n2)cc1C(N)=O. The third kappa shape index (κ3) is 1.97. The Kier molecular flexibility index (Phi) is 2.56. The topological polar surface area (TPSA) is 60.9 Å². The highest BCUT2D eigenvalue weighted by Crippen LogP contribution is 2.17. The summed E-state index contributed by atoms with van der Waals surface area (Å²) in [5, 5.41) is 1.09. The highest BCUT2D eigenvalue weighted by molar-refractivity contribution is 5.94. The first-order chi connectivity index (χ1) is 9.15. The van der Waals surface area contributed by atoms with E-state index in [1.54, 1.807) is 6.20 Å². The van der Waals surface area contributed by atoms with E-state index in [1.807, 2.05) is 54.1 Å². The Morgan fingerprint density at radius 1 is 1.16 bits per heavy atom. The Balaban J connectivity index is 2.13. The number of hydrogen-bond donors (Lipinski definition) is 1. The van der Waals surface area contributed by atoms with Crippen LogP contribution in [-0.2, 0) is 0 Å². The number of pyridine rings is 1. The van der Waals surface area contributed by atoms with E-state index in [2.05, 4.69) is 4.98 Å². The Hall–Kier alpha value is -2.62. The molecule has 0 aliphatic carbocycles. The molecule has 2 N–H and O–H groups in total. The third-order valence-corrected chi connectivity index (χ3v) is 3.14. The lowest BCUT2D eigenvalue weighted by Gasteiger charge is -2.03. The van der Waals surface area contributed by atoms with Crippen molar-refractivity contribution in [3.8, 4) is 5.82 Å². The Morgan fingerprint density at radius 2 is 1.95 bits per heavy atom. The fraction of sp³-hybridized carbons (Fsp3) is 0.0667. The second-order valence-corrected chi connectivity index (χ2v) is 4.49. The highest BCUT2D eigenvalue weighted by Gasteiger charge is 2.09. The van der Waals surface area contributed by atoms with Crippen molar-refractivity contribution in [2.75, 3.05) is 0 Å². The molecule has 1 amide bonds. The fourth-order valence-electron chi connectivity index (χ4n) is 2.15. The zero-order chi connectivity index (χ0) is 13.4. The molecule has 0 radical (unpaired) electrons. The lowest BCUT2D eigenvalue weighted by atomic mass is 10.2. The van der Waals surface area contributed by atoms with Gasteiger partial charge in [-0.3, -0.25) is 4.79 Å². The highest BCUT2D eigenvalue weighted by atomic mass is 16.1. The fourth-order valence-corrected chi connectivity index (χ4v) is 2.15. The van der Waals surface area contributed by atoms with Crippen molar-refractivity contribution in [3.63, 3.8) is 0 Å². The van der Waals surface area contributed by atoms with Crippen molar-refractivity contribution in [3.05, 3.63) is 59.9 Å². The first kappa shape index (κ1) is 11.5. The summed E-state index contributed by atoms with van der Waals surface area (Å²) in [7, 11) is 0. The number of fused-ring (bicyclic) bond motifs is 1. The molecule has 94 valence electrons. The summed E-state index contributed by atoms with van der Waals surface area (Å²) < 4.78 is 1.82. The molecule has 0 aliphatic heterocycles. The van der Waals surface area contributed by atoms with E-state index in [9.17, 15) is 4.79 Å². The van der Waals surface area contributed by atoms with Gasteiger partial charge in [-0.1, -0.05) is 18.2 Å². The number of carbonyl (C=O) groups is 1. The number of amides is 1. The molecule has 4 heteroatoms. The summed E-state index contributed by atoms with van der Waals surface area (Å²) in [6, 6.07) is 11.8. The predicted molar refractivity (Wildman–Crippen MR) is 74.3 cm³/mol. The number of aromatic nitrogens is 2. The van der Waals surface area contributed by atoms with Gasteiger partial charge in [-0.25, -0.2) is 4.98 Å². The normalized spacial score (nSPS) is 10.8. The number of aryl methyl sites for hydroxylation is 1. The number of para-hydroxylation sites is 1. The smallest absolute Gasteiger partial charge is 0.250 e. The van der Waals surface area contributed by atoms with Crippen LogP contribution in [0.2, 0.25) is 0 Å². The van der Waals surface area contributed by atoms with E-state index in [1.165, 1.54) is 0 Å². The summed E-state index contributed by atoms with van der Waals surface area (Å²) in [5.74, 6) is 0.353. The van der Waals surface area contributed by atoms with E-state index < -0.39 is 5.91 Å². The van der Waals surface area contributed by atoms with Crippen molar-refractivity contribution in [2.45, 2.75) is 6.92 Å². The number of nitrogens with two attached hydrogens (primary N) is 1. The van der Waals surface area contributed by atoms with Crippen molar-refractivity contribution in [2.24, 2.45) is 5.73 Å². The van der Waals surface area contributed by atoms with E-state index in [0.29, 0.717) is 5.56 Å². The Bertz CT molecular complexity index is 774. The maximum atomic E-state index is 11.3. The van der Waals surface area contributed by atoms with Crippen LogP contribution in [0.3, 0.4) is 0 Å². The standard InChI is InChI=1S/C15H13N3O/c1-10-8-18(9-12(10)15(16)19)14-7-6-11-4-2-3-5-13(11)17-14/h2-9H,1H3,(H2,16,19). The van der Waals surface area contributed by atoms with Gasteiger partial charge in [0.2, 0.25) is 0 Å². The first-order valence-electron chi connectivity index (χ1n) is 6.00. The molecule has 0 fully saturated rings. The third-order valence-electron chi connectivity index (χ3n) is 3.14. The molecule has 0 aliphatic rings.